The zero-order valence-corrected chi connectivity index (χ0v) is 11.1. The second-order valence-corrected chi connectivity index (χ2v) is 5.04. The fourth-order valence-corrected chi connectivity index (χ4v) is 2.39. The highest BCUT2D eigenvalue weighted by molar-refractivity contribution is 6.30. The molecule has 0 heterocycles. The van der Waals surface area contributed by atoms with Crippen LogP contribution in [-0.4, -0.2) is 11.3 Å². The first-order chi connectivity index (χ1) is 9.30. The number of anilines is 1. The Morgan fingerprint density at radius 3 is 2.70 bits per heavy atom. The topological polar surface area (TPSA) is 46.2 Å². The van der Waals surface area contributed by atoms with E-state index in [-0.39, 0.29) is 23.2 Å². The molecule has 0 saturated carbocycles. The van der Waals surface area contributed by atoms with Gasteiger partial charge in [0.2, 0.25) is 0 Å². The quantitative estimate of drug-likeness (QED) is 0.811. The van der Waals surface area contributed by atoms with Gasteiger partial charge in [-0.05, 0) is 30.2 Å². The van der Waals surface area contributed by atoms with Crippen LogP contribution in [0.3, 0.4) is 0 Å². The molecule has 0 aliphatic heterocycles. The molecule has 2 rings (SSSR count). The van der Waals surface area contributed by atoms with Crippen LogP contribution in [0.5, 0.6) is 0 Å². The van der Waals surface area contributed by atoms with Crippen LogP contribution in [-0.2, 0) is 0 Å². The van der Waals surface area contributed by atoms with E-state index in [4.69, 9.17) is 17.3 Å². The van der Waals surface area contributed by atoms with Crippen molar-refractivity contribution in [2.75, 3.05) is 5.73 Å². The fraction of sp³-hybridized carbons (Fsp3) is 0.286. The number of rotatable bonds is 2. The number of nitrogen functional groups attached to an aromatic ring is 1. The molecule has 3 N–H and O–H groups in total. The number of nitrogens with two attached hydrogens (primary N) is 1. The van der Waals surface area contributed by atoms with Gasteiger partial charge in [0, 0.05) is 16.3 Å². The summed E-state index contributed by atoms with van der Waals surface area (Å²) in [6, 6.07) is 4.36. The van der Waals surface area contributed by atoms with Crippen LogP contribution >= 0.6 is 11.6 Å². The second-order valence-electron chi connectivity index (χ2n) is 4.60. The molecule has 2 nitrogen and oxygen atoms in total. The Labute approximate surface area is 119 Å². The van der Waals surface area contributed by atoms with Gasteiger partial charge in [-0.3, -0.25) is 0 Å². The number of allylic oxidation sites excluding steroid dienone is 3. The molecule has 1 aliphatic carbocycles. The first-order valence-corrected chi connectivity index (χ1v) is 6.35. The molecule has 2 unspecified atom stereocenters. The summed E-state index contributed by atoms with van der Waals surface area (Å²) < 4.78 is 39.0. The Bertz CT molecular complexity index is 566. The summed E-state index contributed by atoms with van der Waals surface area (Å²) >= 11 is 5.80. The van der Waals surface area contributed by atoms with Crippen molar-refractivity contribution in [3.63, 3.8) is 0 Å². The first-order valence-electron chi connectivity index (χ1n) is 5.97. The van der Waals surface area contributed by atoms with Gasteiger partial charge in [0.1, 0.15) is 6.10 Å². The van der Waals surface area contributed by atoms with Crippen molar-refractivity contribution < 1.29 is 18.3 Å². The van der Waals surface area contributed by atoms with Crippen LogP contribution in [0.15, 0.2) is 42.0 Å². The second kappa shape index (κ2) is 5.50. The lowest BCUT2D eigenvalue weighted by atomic mass is 9.84. The van der Waals surface area contributed by atoms with E-state index in [1.807, 2.05) is 0 Å². The van der Waals surface area contributed by atoms with Gasteiger partial charge in [-0.15, -0.1) is 0 Å². The van der Waals surface area contributed by atoms with Crippen LogP contribution in [0.25, 0.3) is 0 Å². The average molecular weight is 304 g/mol. The summed E-state index contributed by atoms with van der Waals surface area (Å²) in [4.78, 5) is 0. The van der Waals surface area contributed by atoms with Gasteiger partial charge in [0.05, 0.1) is 5.92 Å². The van der Waals surface area contributed by atoms with Crippen molar-refractivity contribution in [1.29, 1.82) is 0 Å². The maximum atomic E-state index is 13.0. The standard InChI is InChI=1S/C14H13ClF3NO/c15-8-5-6-12(19)10(7-8)13(20)9-3-1-2-4-11(9)14(16,17)18/h1-3,5-7,11,13,20H,4,19H2. The molecular weight excluding hydrogens is 291 g/mol. The van der Waals surface area contributed by atoms with Gasteiger partial charge in [0.25, 0.3) is 0 Å². The lowest BCUT2D eigenvalue weighted by Crippen LogP contribution is -2.28. The molecule has 20 heavy (non-hydrogen) atoms. The third kappa shape index (κ3) is 2.99. The number of halogens is 4. The third-order valence-corrected chi connectivity index (χ3v) is 3.49. The molecule has 6 heteroatoms. The van der Waals surface area contributed by atoms with Crippen molar-refractivity contribution in [3.05, 3.63) is 52.6 Å². The highest BCUT2D eigenvalue weighted by Gasteiger charge is 2.43. The third-order valence-electron chi connectivity index (χ3n) is 3.25. The van der Waals surface area contributed by atoms with Crippen LogP contribution in [0.1, 0.15) is 18.1 Å². The average Bonchev–Trinajstić information content (AvgIpc) is 2.40. The molecule has 0 spiro atoms. The van der Waals surface area contributed by atoms with E-state index in [0.717, 1.165) is 0 Å². The predicted octanol–water partition coefficient (Wildman–Crippen LogP) is 4.02. The normalized spacial score (nSPS) is 20.6. The zero-order chi connectivity index (χ0) is 14.9. The molecule has 0 amide bonds. The maximum absolute atomic E-state index is 13.0. The number of aliphatic hydroxyl groups excluding tert-OH is 1. The molecular formula is C14H13ClF3NO. The van der Waals surface area contributed by atoms with E-state index in [1.165, 1.54) is 36.4 Å². The minimum absolute atomic E-state index is 0.117. The van der Waals surface area contributed by atoms with Crippen molar-refractivity contribution >= 4 is 17.3 Å². The van der Waals surface area contributed by atoms with Gasteiger partial charge < -0.3 is 10.8 Å². The van der Waals surface area contributed by atoms with Crippen LogP contribution in [0, 0.1) is 5.92 Å². The lowest BCUT2D eigenvalue weighted by Gasteiger charge is -2.28. The van der Waals surface area contributed by atoms with Gasteiger partial charge in [-0.2, -0.15) is 13.2 Å². The molecule has 0 saturated heterocycles. The lowest BCUT2D eigenvalue weighted by molar-refractivity contribution is -0.166. The minimum atomic E-state index is -4.41. The molecule has 0 fully saturated rings. The zero-order valence-electron chi connectivity index (χ0n) is 10.4. The predicted molar refractivity (Wildman–Crippen MR) is 72.2 cm³/mol. The van der Waals surface area contributed by atoms with Crippen molar-refractivity contribution in [2.45, 2.75) is 18.7 Å². The number of aliphatic hydroxyl groups is 1. The fourth-order valence-electron chi connectivity index (χ4n) is 2.21. The minimum Gasteiger partial charge on any atom is -0.398 e. The summed E-state index contributed by atoms with van der Waals surface area (Å²) in [6.45, 7) is 0. The number of alkyl halides is 3. The summed E-state index contributed by atoms with van der Waals surface area (Å²) in [5, 5.41) is 10.6. The van der Waals surface area contributed by atoms with E-state index >= 15 is 0 Å². The van der Waals surface area contributed by atoms with Crippen LogP contribution in [0.4, 0.5) is 18.9 Å². The number of hydrogen-bond acceptors (Lipinski definition) is 2. The molecule has 2 atom stereocenters. The van der Waals surface area contributed by atoms with Crippen molar-refractivity contribution in [3.8, 4) is 0 Å². The van der Waals surface area contributed by atoms with Gasteiger partial charge in [0.15, 0.2) is 0 Å². The smallest absolute Gasteiger partial charge is 0.395 e. The van der Waals surface area contributed by atoms with Crippen LogP contribution in [0.2, 0.25) is 5.02 Å². The highest BCUT2D eigenvalue weighted by atomic mass is 35.5. The van der Waals surface area contributed by atoms with E-state index in [2.05, 4.69) is 0 Å². The molecule has 108 valence electrons. The monoisotopic (exact) mass is 303 g/mol. The van der Waals surface area contributed by atoms with E-state index in [0.29, 0.717) is 5.02 Å². The molecule has 1 aromatic rings. The molecule has 1 aromatic carbocycles. The van der Waals surface area contributed by atoms with E-state index < -0.39 is 18.2 Å². The van der Waals surface area contributed by atoms with Gasteiger partial charge in [-0.25, -0.2) is 0 Å². The highest BCUT2D eigenvalue weighted by Crippen LogP contribution is 2.43. The van der Waals surface area contributed by atoms with Crippen molar-refractivity contribution in [1.82, 2.24) is 0 Å². The summed E-state index contributed by atoms with van der Waals surface area (Å²) in [5.74, 6) is -1.71. The van der Waals surface area contributed by atoms with Crippen LogP contribution < -0.4 is 5.73 Å². The largest absolute Gasteiger partial charge is 0.398 e. The Morgan fingerprint density at radius 2 is 2.05 bits per heavy atom. The summed E-state index contributed by atoms with van der Waals surface area (Å²) in [7, 11) is 0. The molecule has 0 radical (unpaired) electrons. The Balaban J connectivity index is 2.40. The maximum Gasteiger partial charge on any atom is 0.395 e. The Kier molecular flexibility index (Phi) is 4.11. The molecule has 0 bridgehead atoms. The number of hydrogen-bond donors (Lipinski definition) is 2. The SMILES string of the molecule is Nc1ccc(Cl)cc1C(O)C1=CC=CCC1C(F)(F)F. The Hall–Kier alpha value is -1.46. The van der Waals surface area contributed by atoms with E-state index in [1.54, 1.807) is 0 Å². The van der Waals surface area contributed by atoms with E-state index in [9.17, 15) is 18.3 Å². The number of benzene rings is 1. The summed E-state index contributed by atoms with van der Waals surface area (Å²) in [5.41, 5.74) is 5.98. The molecule has 0 aromatic heterocycles. The van der Waals surface area contributed by atoms with Crippen molar-refractivity contribution in [2.24, 2.45) is 5.92 Å². The van der Waals surface area contributed by atoms with Gasteiger partial charge >= 0.3 is 6.18 Å². The Morgan fingerprint density at radius 1 is 1.35 bits per heavy atom. The first kappa shape index (κ1) is 14.9. The molecule has 1 aliphatic rings. The van der Waals surface area contributed by atoms with Gasteiger partial charge in [-0.1, -0.05) is 29.8 Å². The summed E-state index contributed by atoms with van der Waals surface area (Å²) in [6.07, 6.45) is -1.81.